The average Bonchev–Trinajstić information content (AvgIpc) is 3.04. The molecule has 1 N–H and O–H groups in total. The lowest BCUT2D eigenvalue weighted by Gasteiger charge is -2.25. The average molecular weight is 294 g/mol. The minimum Gasteiger partial charge on any atom is -0.387 e. The van der Waals surface area contributed by atoms with Crippen molar-refractivity contribution in [2.24, 2.45) is 0 Å². The highest BCUT2D eigenvalue weighted by molar-refractivity contribution is 5.32. The largest absolute Gasteiger partial charge is 0.387 e. The van der Waals surface area contributed by atoms with Gasteiger partial charge in [0.15, 0.2) is 0 Å². The number of benzene rings is 1. The normalized spacial score (nSPS) is 19.7. The van der Waals surface area contributed by atoms with Crippen molar-refractivity contribution in [3.8, 4) is 6.07 Å². The highest BCUT2D eigenvalue weighted by Gasteiger charge is 2.29. The Bertz CT molecular complexity index is 651. The fraction of sp³-hybridized carbons (Fsp3) is 0.353. The predicted octanol–water partition coefficient (Wildman–Crippen LogP) is 2.22. The summed E-state index contributed by atoms with van der Waals surface area (Å²) in [4.78, 5) is 10.9. The van der Waals surface area contributed by atoms with Gasteiger partial charge in [-0.2, -0.15) is 5.26 Å². The van der Waals surface area contributed by atoms with Crippen molar-refractivity contribution in [1.29, 1.82) is 5.26 Å². The van der Waals surface area contributed by atoms with Gasteiger partial charge in [-0.3, -0.25) is 4.90 Å². The van der Waals surface area contributed by atoms with E-state index in [1.807, 2.05) is 18.2 Å². The molecule has 1 aliphatic heterocycles. The zero-order chi connectivity index (χ0) is 15.4. The number of hydrogen-bond donors (Lipinski definition) is 1. The van der Waals surface area contributed by atoms with Crippen LogP contribution in [0.25, 0.3) is 0 Å². The van der Waals surface area contributed by atoms with Gasteiger partial charge in [0, 0.05) is 18.9 Å². The zero-order valence-corrected chi connectivity index (χ0v) is 12.3. The van der Waals surface area contributed by atoms with Gasteiger partial charge in [0.2, 0.25) is 0 Å². The van der Waals surface area contributed by atoms with Crippen LogP contribution in [0.3, 0.4) is 0 Å². The van der Waals surface area contributed by atoms with Gasteiger partial charge in [0.1, 0.15) is 5.82 Å². The maximum absolute atomic E-state index is 10.4. The minimum absolute atomic E-state index is 0.175. The first kappa shape index (κ1) is 14.6. The van der Waals surface area contributed by atoms with Crippen LogP contribution in [0.2, 0.25) is 0 Å². The Labute approximate surface area is 129 Å². The molecule has 1 fully saturated rings. The standard InChI is InChI=1S/C17H18N4O/c18-11-13-4-6-14(7-5-13)16(22)12-21-10-1-3-15(21)17-19-8-2-9-20-17/h2,4-9,15-16,22H,1,3,10,12H2. The molecule has 1 aliphatic rings. The van der Waals surface area contributed by atoms with E-state index in [-0.39, 0.29) is 6.04 Å². The van der Waals surface area contributed by atoms with Crippen molar-refractivity contribution < 1.29 is 5.11 Å². The molecule has 5 heteroatoms. The van der Waals surface area contributed by atoms with E-state index in [4.69, 9.17) is 5.26 Å². The summed E-state index contributed by atoms with van der Waals surface area (Å²) in [5, 5.41) is 19.3. The van der Waals surface area contributed by atoms with E-state index in [1.54, 1.807) is 24.5 Å². The van der Waals surface area contributed by atoms with E-state index in [0.29, 0.717) is 12.1 Å². The molecule has 2 heterocycles. The van der Waals surface area contributed by atoms with Crippen LogP contribution in [-0.4, -0.2) is 33.1 Å². The zero-order valence-electron chi connectivity index (χ0n) is 12.3. The molecule has 2 aromatic rings. The Balaban J connectivity index is 1.70. The van der Waals surface area contributed by atoms with Crippen LogP contribution in [0, 0.1) is 11.3 Å². The van der Waals surface area contributed by atoms with Gasteiger partial charge in [-0.15, -0.1) is 0 Å². The van der Waals surface area contributed by atoms with Gasteiger partial charge in [0.05, 0.1) is 23.8 Å². The monoisotopic (exact) mass is 294 g/mol. The molecule has 5 nitrogen and oxygen atoms in total. The van der Waals surface area contributed by atoms with E-state index in [2.05, 4.69) is 20.9 Å². The molecular weight excluding hydrogens is 276 g/mol. The van der Waals surface area contributed by atoms with Gasteiger partial charge in [-0.25, -0.2) is 9.97 Å². The fourth-order valence-electron chi connectivity index (χ4n) is 2.93. The SMILES string of the molecule is N#Cc1ccc(C(O)CN2CCCC2c2ncccn2)cc1. The number of nitrogens with zero attached hydrogens (tertiary/aromatic N) is 4. The van der Waals surface area contributed by atoms with E-state index < -0.39 is 6.10 Å². The van der Waals surface area contributed by atoms with Crippen LogP contribution in [0.4, 0.5) is 0 Å². The molecule has 0 aliphatic carbocycles. The molecule has 1 saturated heterocycles. The van der Waals surface area contributed by atoms with Crippen LogP contribution >= 0.6 is 0 Å². The number of aromatic nitrogens is 2. The maximum Gasteiger partial charge on any atom is 0.145 e. The van der Waals surface area contributed by atoms with Crippen molar-refractivity contribution in [2.75, 3.05) is 13.1 Å². The molecule has 0 amide bonds. The Morgan fingerprint density at radius 1 is 1.27 bits per heavy atom. The number of nitriles is 1. The topological polar surface area (TPSA) is 73.0 Å². The summed E-state index contributed by atoms with van der Waals surface area (Å²) in [5.74, 6) is 0.826. The van der Waals surface area contributed by atoms with E-state index >= 15 is 0 Å². The van der Waals surface area contributed by atoms with Crippen molar-refractivity contribution in [3.05, 3.63) is 59.7 Å². The first-order valence-electron chi connectivity index (χ1n) is 7.47. The van der Waals surface area contributed by atoms with Crippen molar-refractivity contribution >= 4 is 0 Å². The molecule has 1 aromatic carbocycles. The summed E-state index contributed by atoms with van der Waals surface area (Å²) in [6, 6.07) is 11.2. The van der Waals surface area contributed by atoms with Gasteiger partial charge in [-0.05, 0) is 43.1 Å². The van der Waals surface area contributed by atoms with E-state index in [0.717, 1.165) is 30.8 Å². The van der Waals surface area contributed by atoms with Gasteiger partial charge in [-0.1, -0.05) is 12.1 Å². The lowest BCUT2D eigenvalue weighted by atomic mass is 10.1. The van der Waals surface area contributed by atoms with Crippen molar-refractivity contribution in [3.63, 3.8) is 0 Å². The third-order valence-corrected chi connectivity index (χ3v) is 4.08. The second kappa shape index (κ2) is 6.65. The van der Waals surface area contributed by atoms with Gasteiger partial charge in [0.25, 0.3) is 0 Å². The van der Waals surface area contributed by atoms with E-state index in [9.17, 15) is 5.11 Å². The van der Waals surface area contributed by atoms with Gasteiger partial charge < -0.3 is 5.11 Å². The molecule has 2 unspecified atom stereocenters. The highest BCUT2D eigenvalue weighted by atomic mass is 16.3. The molecule has 0 saturated carbocycles. The first-order chi connectivity index (χ1) is 10.8. The van der Waals surface area contributed by atoms with Crippen LogP contribution in [0.15, 0.2) is 42.7 Å². The predicted molar refractivity (Wildman–Crippen MR) is 81.7 cm³/mol. The van der Waals surface area contributed by atoms with Crippen LogP contribution in [-0.2, 0) is 0 Å². The maximum atomic E-state index is 10.4. The smallest absolute Gasteiger partial charge is 0.145 e. The summed E-state index contributed by atoms with van der Waals surface area (Å²) in [6.45, 7) is 1.49. The number of rotatable bonds is 4. The number of hydrogen-bond acceptors (Lipinski definition) is 5. The van der Waals surface area contributed by atoms with Crippen molar-refractivity contribution in [1.82, 2.24) is 14.9 Å². The van der Waals surface area contributed by atoms with E-state index in [1.165, 1.54) is 0 Å². The van der Waals surface area contributed by atoms with Crippen LogP contribution < -0.4 is 0 Å². The lowest BCUT2D eigenvalue weighted by molar-refractivity contribution is 0.104. The van der Waals surface area contributed by atoms with Crippen LogP contribution in [0.5, 0.6) is 0 Å². The Morgan fingerprint density at radius 3 is 2.68 bits per heavy atom. The summed E-state index contributed by atoms with van der Waals surface area (Å²) in [5.41, 5.74) is 1.44. The third-order valence-electron chi connectivity index (χ3n) is 4.08. The molecule has 3 rings (SSSR count). The molecule has 112 valence electrons. The van der Waals surface area contributed by atoms with Crippen LogP contribution in [0.1, 0.15) is 41.9 Å². The second-order valence-electron chi connectivity index (χ2n) is 5.51. The second-order valence-corrected chi connectivity index (χ2v) is 5.51. The molecule has 2 atom stereocenters. The summed E-state index contributed by atoms with van der Waals surface area (Å²) in [6.07, 6.45) is 5.05. The summed E-state index contributed by atoms with van der Waals surface area (Å²) in [7, 11) is 0. The number of β-amino-alcohol motifs (C(OH)–C–C–N with tert-alkyl or cyclic N) is 1. The lowest BCUT2D eigenvalue weighted by Crippen LogP contribution is -2.29. The summed E-state index contributed by atoms with van der Waals surface area (Å²) >= 11 is 0. The van der Waals surface area contributed by atoms with Crippen molar-refractivity contribution in [2.45, 2.75) is 25.0 Å². The Kier molecular flexibility index (Phi) is 4.42. The Hall–Kier alpha value is -2.29. The summed E-state index contributed by atoms with van der Waals surface area (Å²) < 4.78 is 0. The first-order valence-corrected chi connectivity index (χ1v) is 7.47. The van der Waals surface area contributed by atoms with Gasteiger partial charge >= 0.3 is 0 Å². The number of likely N-dealkylation sites (tertiary alicyclic amines) is 1. The third kappa shape index (κ3) is 3.14. The molecule has 22 heavy (non-hydrogen) atoms. The molecule has 0 spiro atoms. The molecule has 1 aromatic heterocycles. The molecule has 0 radical (unpaired) electrons. The number of aliphatic hydroxyl groups is 1. The quantitative estimate of drug-likeness (QED) is 0.936. The Morgan fingerprint density at radius 2 is 2.00 bits per heavy atom. The molecule has 0 bridgehead atoms. The fourth-order valence-corrected chi connectivity index (χ4v) is 2.93. The minimum atomic E-state index is -0.572. The highest BCUT2D eigenvalue weighted by Crippen LogP contribution is 2.31. The number of aliphatic hydroxyl groups excluding tert-OH is 1. The molecular formula is C17H18N4O.